The van der Waals surface area contributed by atoms with Crippen LogP contribution in [0.25, 0.3) is 10.9 Å². The molecule has 1 aromatic carbocycles. The molecule has 8 nitrogen and oxygen atoms in total. The van der Waals surface area contributed by atoms with E-state index in [1.807, 2.05) is 30.3 Å². The van der Waals surface area contributed by atoms with E-state index in [1.165, 1.54) is 0 Å². The molecule has 2 amide bonds. The van der Waals surface area contributed by atoms with Gasteiger partial charge in [-0.25, -0.2) is 0 Å². The van der Waals surface area contributed by atoms with Crippen molar-refractivity contribution in [2.75, 3.05) is 19.7 Å². The van der Waals surface area contributed by atoms with Crippen LogP contribution in [0.5, 0.6) is 0 Å². The van der Waals surface area contributed by atoms with E-state index in [-0.39, 0.29) is 30.3 Å². The van der Waals surface area contributed by atoms with Crippen molar-refractivity contribution in [2.45, 2.75) is 13.0 Å². The molecule has 2 aromatic heterocycles. The number of rotatable bonds is 3. The molecule has 3 atom stereocenters. The number of para-hydroxylation sites is 1. The van der Waals surface area contributed by atoms with E-state index in [2.05, 4.69) is 21.8 Å². The lowest BCUT2D eigenvalue weighted by Crippen LogP contribution is -2.37. The number of hydrogen-bond donors (Lipinski definition) is 3. The second-order valence-electron chi connectivity index (χ2n) is 8.72. The average Bonchev–Trinajstić information content (AvgIpc) is 3.11. The molecule has 1 saturated heterocycles. The van der Waals surface area contributed by atoms with Crippen LogP contribution >= 0.6 is 0 Å². The Kier molecular flexibility index (Phi) is 3.89. The summed E-state index contributed by atoms with van der Waals surface area (Å²) < 4.78 is 0. The lowest BCUT2D eigenvalue weighted by molar-refractivity contribution is 0.0720. The van der Waals surface area contributed by atoms with Crippen molar-refractivity contribution < 1.29 is 14.7 Å². The Morgan fingerprint density at radius 3 is 2.84 bits per heavy atom. The number of piperidine rings is 1. The maximum Gasteiger partial charge on any atom is 0.278 e. The number of H-pyrrole nitrogens is 2. The number of benzene rings is 1. The monoisotopic (exact) mass is 417 g/mol. The Bertz CT molecular complexity index is 1210. The third-order valence-electron chi connectivity index (χ3n) is 7.10. The number of carbonyl (C=O) groups excluding carboxylic acids is 2. The second kappa shape index (κ2) is 6.55. The van der Waals surface area contributed by atoms with Gasteiger partial charge >= 0.3 is 0 Å². The quantitative estimate of drug-likeness (QED) is 0.605. The number of allylic oxidation sites excluding steroid dienone is 1. The van der Waals surface area contributed by atoms with Crippen LogP contribution in [-0.2, 0) is 13.0 Å². The van der Waals surface area contributed by atoms with Crippen LogP contribution in [0.2, 0.25) is 0 Å². The van der Waals surface area contributed by atoms with Crippen molar-refractivity contribution in [2.24, 2.45) is 17.8 Å². The first-order chi connectivity index (χ1) is 15.1. The molecule has 1 saturated carbocycles. The van der Waals surface area contributed by atoms with Crippen molar-refractivity contribution in [3.05, 3.63) is 65.3 Å². The number of nitrogens with one attached hydrogen (secondary N) is 2. The molecule has 8 heteroatoms. The summed E-state index contributed by atoms with van der Waals surface area (Å²) in [6.07, 6.45) is 0.625. The number of aliphatic hydroxyl groups is 1. The molecule has 2 aliphatic heterocycles. The van der Waals surface area contributed by atoms with Crippen LogP contribution in [0.15, 0.2) is 42.6 Å². The van der Waals surface area contributed by atoms with Crippen molar-refractivity contribution in [3.63, 3.8) is 0 Å². The molecule has 158 valence electrons. The second-order valence-corrected chi connectivity index (χ2v) is 8.72. The maximum atomic E-state index is 13.2. The average molecular weight is 417 g/mol. The van der Waals surface area contributed by atoms with E-state index < -0.39 is 0 Å². The fourth-order valence-corrected chi connectivity index (χ4v) is 5.29. The normalized spacial score (nSPS) is 24.4. The van der Waals surface area contributed by atoms with E-state index in [4.69, 9.17) is 0 Å². The van der Waals surface area contributed by atoms with Gasteiger partial charge in [-0.2, -0.15) is 5.10 Å². The molecule has 3 N–H and O–H groups in total. The van der Waals surface area contributed by atoms with Crippen molar-refractivity contribution in [1.82, 2.24) is 25.0 Å². The third kappa shape index (κ3) is 2.68. The summed E-state index contributed by atoms with van der Waals surface area (Å²) in [5.74, 6) is 0.472. The lowest BCUT2D eigenvalue weighted by Gasteiger charge is -2.27. The van der Waals surface area contributed by atoms with Gasteiger partial charge in [0.15, 0.2) is 5.69 Å². The Labute approximate surface area is 178 Å². The van der Waals surface area contributed by atoms with Gasteiger partial charge in [0.25, 0.3) is 11.8 Å². The highest BCUT2D eigenvalue weighted by atomic mass is 16.3. The largest absolute Gasteiger partial charge is 0.396 e. The summed E-state index contributed by atoms with van der Waals surface area (Å²) in [6, 6.07) is 9.66. The van der Waals surface area contributed by atoms with Gasteiger partial charge in [0, 0.05) is 59.9 Å². The Morgan fingerprint density at radius 1 is 1.26 bits per heavy atom. The highest BCUT2D eigenvalue weighted by Crippen LogP contribution is 2.56. The van der Waals surface area contributed by atoms with E-state index in [9.17, 15) is 14.7 Å². The Morgan fingerprint density at radius 2 is 2.10 bits per heavy atom. The number of carbonyl (C=O) groups is 2. The standard InChI is InChI=1S/C23H23N5O3/c1-12-20-14(16(20)11-29)10-28(12)23(31)21-15-9-27(7-6-18(15)25-26-21)22(30)19-8-13-4-2-3-5-17(13)24-19/h2-5,8,14,16,20,24,29H,1,6-7,9-11H2,(H,25,26)/t14-,16-,20-/m0/s1. The van der Waals surface area contributed by atoms with Gasteiger partial charge in [-0.15, -0.1) is 0 Å². The maximum absolute atomic E-state index is 13.2. The number of likely N-dealkylation sites (tertiary alicyclic amines) is 1. The number of aliphatic hydroxyl groups excluding tert-OH is 1. The molecular formula is C23H23N5O3. The minimum atomic E-state index is -0.175. The number of hydrogen-bond acceptors (Lipinski definition) is 4. The van der Waals surface area contributed by atoms with E-state index in [1.54, 1.807) is 9.80 Å². The van der Waals surface area contributed by atoms with Gasteiger partial charge in [0.1, 0.15) is 5.69 Å². The number of aromatic nitrogens is 3. The van der Waals surface area contributed by atoms with Gasteiger partial charge in [0.05, 0.1) is 6.54 Å². The van der Waals surface area contributed by atoms with Crippen LogP contribution in [0.1, 0.15) is 32.2 Å². The van der Waals surface area contributed by atoms with E-state index in [0.717, 1.165) is 27.9 Å². The van der Waals surface area contributed by atoms with Crippen LogP contribution in [0.3, 0.4) is 0 Å². The highest BCUT2D eigenvalue weighted by Gasteiger charge is 2.59. The van der Waals surface area contributed by atoms with Crippen molar-refractivity contribution >= 4 is 22.7 Å². The third-order valence-corrected chi connectivity index (χ3v) is 7.10. The number of nitrogens with zero attached hydrogens (tertiary/aromatic N) is 3. The predicted octanol–water partition coefficient (Wildman–Crippen LogP) is 1.91. The smallest absolute Gasteiger partial charge is 0.278 e. The van der Waals surface area contributed by atoms with Crippen molar-refractivity contribution in [1.29, 1.82) is 0 Å². The first kappa shape index (κ1) is 18.4. The van der Waals surface area contributed by atoms with Crippen LogP contribution < -0.4 is 0 Å². The zero-order valence-electron chi connectivity index (χ0n) is 17.0. The van der Waals surface area contributed by atoms with Gasteiger partial charge in [0.2, 0.25) is 0 Å². The van der Waals surface area contributed by atoms with E-state index >= 15 is 0 Å². The first-order valence-electron chi connectivity index (χ1n) is 10.6. The SMILES string of the molecule is C=C1[C@@H]2[C@@H](CO)[C@@H]2CN1C(=O)c1n[nH]c2c1CN(C(=O)c1cc3ccccc3[nH]1)CC2. The number of amides is 2. The fourth-order valence-electron chi connectivity index (χ4n) is 5.29. The van der Waals surface area contributed by atoms with Crippen molar-refractivity contribution in [3.8, 4) is 0 Å². The molecule has 0 bridgehead atoms. The molecule has 2 fully saturated rings. The minimum absolute atomic E-state index is 0.0842. The molecule has 0 spiro atoms. The molecule has 3 aliphatic rings. The van der Waals surface area contributed by atoms with Crippen LogP contribution in [0.4, 0.5) is 0 Å². The molecule has 4 heterocycles. The van der Waals surface area contributed by atoms with Crippen LogP contribution in [0, 0.1) is 17.8 Å². The Balaban J connectivity index is 1.23. The summed E-state index contributed by atoms with van der Waals surface area (Å²) in [5.41, 5.74) is 4.30. The van der Waals surface area contributed by atoms with Crippen LogP contribution in [-0.4, -0.2) is 61.6 Å². The predicted molar refractivity (Wildman–Crippen MR) is 113 cm³/mol. The van der Waals surface area contributed by atoms with Gasteiger partial charge in [-0.3, -0.25) is 14.7 Å². The molecule has 0 unspecified atom stereocenters. The Hall–Kier alpha value is -3.39. The summed E-state index contributed by atoms with van der Waals surface area (Å²) >= 11 is 0. The molecule has 1 aliphatic carbocycles. The molecule has 6 rings (SSSR count). The topological polar surface area (TPSA) is 105 Å². The first-order valence-corrected chi connectivity index (χ1v) is 10.6. The fraction of sp³-hybridized carbons (Fsp3) is 0.348. The summed E-state index contributed by atoms with van der Waals surface area (Å²) in [5, 5.41) is 17.7. The molecule has 3 aromatic rings. The summed E-state index contributed by atoms with van der Waals surface area (Å²) in [4.78, 5) is 33.0. The minimum Gasteiger partial charge on any atom is -0.396 e. The molecule has 0 radical (unpaired) electrons. The zero-order chi connectivity index (χ0) is 21.3. The molecule has 31 heavy (non-hydrogen) atoms. The van der Waals surface area contributed by atoms with Gasteiger partial charge < -0.3 is 19.9 Å². The van der Waals surface area contributed by atoms with Gasteiger partial charge in [-0.05, 0) is 24.0 Å². The number of fused-ring (bicyclic) bond motifs is 3. The lowest BCUT2D eigenvalue weighted by atomic mass is 10.0. The zero-order valence-corrected chi connectivity index (χ0v) is 17.0. The van der Waals surface area contributed by atoms with E-state index in [0.29, 0.717) is 43.4 Å². The van der Waals surface area contributed by atoms with Gasteiger partial charge in [-0.1, -0.05) is 24.8 Å². The number of aromatic amines is 2. The summed E-state index contributed by atoms with van der Waals surface area (Å²) in [6.45, 7) is 5.71. The highest BCUT2D eigenvalue weighted by molar-refractivity contribution is 5.99. The molecular weight excluding hydrogens is 394 g/mol. The summed E-state index contributed by atoms with van der Waals surface area (Å²) in [7, 11) is 0.